The van der Waals surface area contributed by atoms with E-state index in [1.54, 1.807) is 32.6 Å². The van der Waals surface area contributed by atoms with Crippen LogP contribution in [0.3, 0.4) is 0 Å². The van der Waals surface area contributed by atoms with Gasteiger partial charge in [-0.3, -0.25) is 0 Å². The number of ether oxygens (including phenoxy) is 2. The summed E-state index contributed by atoms with van der Waals surface area (Å²) in [6.45, 7) is 14.1. The number of hydrogen-bond acceptors (Lipinski definition) is 8. The number of hydrogen-bond donors (Lipinski definition) is 0. The minimum Gasteiger partial charge on any atom is -0.444 e. The Labute approximate surface area is 215 Å². The lowest BCUT2D eigenvalue weighted by molar-refractivity contribution is 0.0207. The Bertz CT molecular complexity index is 923. The van der Waals surface area contributed by atoms with Crippen LogP contribution < -0.4 is 0 Å². The van der Waals surface area contributed by atoms with Gasteiger partial charge in [0.15, 0.2) is 9.84 Å². The van der Waals surface area contributed by atoms with Crippen LogP contribution in [-0.4, -0.2) is 92.5 Å². The number of rotatable bonds is 3. The number of amides is 2. The van der Waals surface area contributed by atoms with Crippen LogP contribution in [-0.2, 0) is 28.4 Å². The zero-order valence-corrected chi connectivity index (χ0v) is 24.3. The fourth-order valence-corrected chi connectivity index (χ4v) is 6.31. The number of halogens is 1. The predicted octanol–water partition coefficient (Wildman–Crippen LogP) is 3.78. The van der Waals surface area contributed by atoms with E-state index >= 15 is 0 Å². The third-order valence-electron chi connectivity index (χ3n) is 5.50. The lowest BCUT2D eigenvalue weighted by Gasteiger charge is -2.33. The third kappa shape index (κ3) is 11.6. The molecule has 0 saturated carbocycles. The normalized spacial score (nSPS) is 19.0. The van der Waals surface area contributed by atoms with Gasteiger partial charge in [0, 0.05) is 42.6 Å². The molecule has 0 spiro atoms. The van der Waals surface area contributed by atoms with Crippen molar-refractivity contribution >= 4 is 41.8 Å². The van der Waals surface area contributed by atoms with E-state index in [4.69, 9.17) is 20.2 Å². The second kappa shape index (κ2) is 12.3. The molecule has 2 aliphatic heterocycles. The zero-order valence-electron chi connectivity index (χ0n) is 21.9. The van der Waals surface area contributed by atoms with Crippen LogP contribution in [0.1, 0.15) is 74.1 Å². The number of likely N-dealkylation sites (tertiary alicyclic amines) is 2. The number of piperidine rings is 2. The fraction of sp³-hybridized carbons (Fsp3) is 0.909. The monoisotopic (exact) mass is 560 g/mol. The zero-order chi connectivity index (χ0) is 27.2. The SMILES string of the molecule is CC(C)(C)OC(=O)N1CCC(S(=O)(=O)Cl)CC1.CCS(=O)(=O)C1CCN(C(=O)OC(C)(C)C)CC1. The second-order valence-corrected chi connectivity index (χ2v) is 16.2. The van der Waals surface area contributed by atoms with Gasteiger partial charge in [0.05, 0.1) is 10.5 Å². The maximum absolute atomic E-state index is 11.8. The van der Waals surface area contributed by atoms with Gasteiger partial charge in [-0.05, 0) is 67.2 Å². The van der Waals surface area contributed by atoms with Crippen molar-refractivity contribution in [2.75, 3.05) is 31.9 Å². The molecule has 10 nitrogen and oxygen atoms in total. The molecule has 2 rings (SSSR count). The van der Waals surface area contributed by atoms with Gasteiger partial charge in [-0.2, -0.15) is 0 Å². The fourth-order valence-electron chi connectivity index (χ4n) is 3.61. The van der Waals surface area contributed by atoms with Gasteiger partial charge in [-0.25, -0.2) is 26.4 Å². The summed E-state index contributed by atoms with van der Waals surface area (Å²) in [5, 5.41) is -0.857. The minimum absolute atomic E-state index is 0.171. The molecule has 0 aromatic heterocycles. The van der Waals surface area contributed by atoms with Crippen molar-refractivity contribution in [3.8, 4) is 0 Å². The first-order chi connectivity index (χ1) is 15.7. The van der Waals surface area contributed by atoms with E-state index in [1.807, 2.05) is 20.8 Å². The van der Waals surface area contributed by atoms with Gasteiger partial charge in [0.25, 0.3) is 0 Å². The molecule has 2 heterocycles. The first-order valence-electron chi connectivity index (χ1n) is 11.9. The predicted molar refractivity (Wildman–Crippen MR) is 136 cm³/mol. The van der Waals surface area contributed by atoms with Crippen LogP contribution in [0.25, 0.3) is 0 Å². The van der Waals surface area contributed by atoms with Crippen LogP contribution in [0.5, 0.6) is 0 Å². The van der Waals surface area contributed by atoms with Crippen molar-refractivity contribution in [1.82, 2.24) is 9.80 Å². The van der Waals surface area contributed by atoms with Crippen LogP contribution in [0.2, 0.25) is 0 Å². The van der Waals surface area contributed by atoms with E-state index in [0.717, 1.165) is 0 Å². The molecule has 2 amide bonds. The molecule has 2 saturated heterocycles. The van der Waals surface area contributed by atoms with Crippen molar-refractivity contribution in [1.29, 1.82) is 0 Å². The Morgan fingerprint density at radius 1 is 0.743 bits per heavy atom. The Kier molecular flexibility index (Phi) is 11.2. The third-order valence-corrected chi connectivity index (χ3v) is 9.81. The van der Waals surface area contributed by atoms with E-state index in [0.29, 0.717) is 51.9 Å². The van der Waals surface area contributed by atoms with E-state index in [1.165, 1.54) is 4.90 Å². The standard InChI is InChI=1S/C12H23NO4S.C10H18ClNO4S/c1-5-18(15,16)10-6-8-13(9-7-10)11(14)17-12(2,3)4;1-10(2,3)16-9(13)12-6-4-8(5-7-12)17(11,14)15/h10H,5-9H2,1-4H3;8H,4-7H2,1-3H3. The summed E-state index contributed by atoms with van der Waals surface area (Å²) in [5.74, 6) is 0.171. The lowest BCUT2D eigenvalue weighted by atomic mass is 10.1. The molecular weight excluding hydrogens is 520 g/mol. The molecule has 2 aliphatic rings. The quantitative estimate of drug-likeness (QED) is 0.477. The largest absolute Gasteiger partial charge is 0.444 e. The van der Waals surface area contributed by atoms with Crippen LogP contribution in [0, 0.1) is 0 Å². The molecule has 0 aromatic carbocycles. The van der Waals surface area contributed by atoms with Crippen LogP contribution in [0.15, 0.2) is 0 Å². The molecule has 0 N–H and O–H groups in total. The van der Waals surface area contributed by atoms with Crippen LogP contribution in [0.4, 0.5) is 9.59 Å². The average molecular weight is 561 g/mol. The summed E-state index contributed by atoms with van der Waals surface area (Å²) >= 11 is 0. The molecule has 0 aliphatic carbocycles. The maximum atomic E-state index is 11.8. The summed E-state index contributed by atoms with van der Waals surface area (Å²) in [6.07, 6.45) is 0.999. The highest BCUT2D eigenvalue weighted by Crippen LogP contribution is 2.22. The molecule has 0 aromatic rings. The number of carbonyl (C=O) groups is 2. The van der Waals surface area contributed by atoms with Gasteiger partial charge in [-0.1, -0.05) is 6.92 Å². The van der Waals surface area contributed by atoms with Gasteiger partial charge >= 0.3 is 12.2 Å². The van der Waals surface area contributed by atoms with Gasteiger partial charge < -0.3 is 19.3 Å². The van der Waals surface area contributed by atoms with Gasteiger partial charge in [0.1, 0.15) is 11.2 Å². The maximum Gasteiger partial charge on any atom is 0.410 e. The van der Waals surface area contributed by atoms with Crippen molar-refractivity contribution in [3.63, 3.8) is 0 Å². The van der Waals surface area contributed by atoms with Crippen molar-refractivity contribution in [2.45, 2.75) is 95.9 Å². The van der Waals surface area contributed by atoms with Crippen LogP contribution >= 0.6 is 10.7 Å². The smallest absolute Gasteiger partial charge is 0.410 e. The Morgan fingerprint density at radius 2 is 1.06 bits per heavy atom. The number of sulfone groups is 1. The minimum atomic E-state index is -3.52. The summed E-state index contributed by atoms with van der Waals surface area (Å²) < 4.78 is 56.2. The molecule has 2 fully saturated rings. The van der Waals surface area contributed by atoms with Crippen molar-refractivity contribution in [2.24, 2.45) is 0 Å². The highest BCUT2D eigenvalue weighted by molar-refractivity contribution is 8.14. The summed E-state index contributed by atoms with van der Waals surface area (Å²) in [6, 6.07) is 0. The highest BCUT2D eigenvalue weighted by Gasteiger charge is 2.33. The van der Waals surface area contributed by atoms with E-state index in [-0.39, 0.29) is 17.1 Å². The summed E-state index contributed by atoms with van der Waals surface area (Å²) in [7, 11) is -1.22. The first kappa shape index (κ1) is 31.8. The van der Waals surface area contributed by atoms with Gasteiger partial charge in [0.2, 0.25) is 9.05 Å². The number of carbonyl (C=O) groups excluding carboxylic acids is 2. The van der Waals surface area contributed by atoms with E-state index < -0.39 is 41.4 Å². The van der Waals surface area contributed by atoms with Crippen molar-refractivity contribution < 1.29 is 35.9 Å². The highest BCUT2D eigenvalue weighted by atomic mass is 35.7. The average Bonchev–Trinajstić information content (AvgIpc) is 2.71. The summed E-state index contributed by atoms with van der Waals surface area (Å²) in [4.78, 5) is 26.6. The molecule has 206 valence electrons. The molecular formula is C22H41ClN2O8S2. The van der Waals surface area contributed by atoms with E-state index in [2.05, 4.69) is 0 Å². The summed E-state index contributed by atoms with van der Waals surface area (Å²) in [5.41, 5.74) is -1.05. The number of nitrogens with zero attached hydrogens (tertiary/aromatic N) is 2. The molecule has 0 atom stereocenters. The Hall–Kier alpha value is -1.27. The molecule has 35 heavy (non-hydrogen) atoms. The second-order valence-electron chi connectivity index (χ2n) is 10.8. The van der Waals surface area contributed by atoms with E-state index in [9.17, 15) is 26.4 Å². The molecule has 0 unspecified atom stereocenters. The Morgan fingerprint density at radius 3 is 1.31 bits per heavy atom. The Balaban J connectivity index is 0.000000351. The molecule has 13 heteroatoms. The topological polar surface area (TPSA) is 127 Å². The molecule has 0 bridgehead atoms. The lowest BCUT2D eigenvalue weighted by Crippen LogP contribution is -2.44. The van der Waals surface area contributed by atoms with Crippen molar-refractivity contribution in [3.05, 3.63) is 0 Å². The molecule has 0 radical (unpaired) electrons. The van der Waals surface area contributed by atoms with Gasteiger partial charge in [-0.15, -0.1) is 0 Å². The first-order valence-corrected chi connectivity index (χ1v) is 15.9.